The topological polar surface area (TPSA) is 49.4 Å². The molecule has 1 aromatic rings. The first-order chi connectivity index (χ1) is 8.37. The van der Waals surface area contributed by atoms with Crippen molar-refractivity contribution >= 4 is 21.4 Å². The van der Waals surface area contributed by atoms with Crippen LogP contribution in [0.4, 0.5) is 0 Å². The molecule has 1 rings (SSSR count). The van der Waals surface area contributed by atoms with E-state index in [0.717, 1.165) is 17.7 Å². The van der Waals surface area contributed by atoms with Crippen molar-refractivity contribution in [3.63, 3.8) is 0 Å². The van der Waals surface area contributed by atoms with Crippen LogP contribution in [0, 0.1) is 0 Å². The maximum atomic E-state index is 12.2. The van der Waals surface area contributed by atoms with Crippen molar-refractivity contribution in [2.24, 2.45) is 0 Å². The van der Waals surface area contributed by atoms with Gasteiger partial charge in [-0.1, -0.05) is 19.1 Å². The summed E-state index contributed by atoms with van der Waals surface area (Å²) in [6, 6.07) is 1.73. The quantitative estimate of drug-likeness (QED) is 0.781. The standard InChI is InChI=1S/C12H20N2O2S2/c1-5-13-7-11-6-12(17-9-11)18(15,16)14(4)8-10(2)3/h6,9,13H,2,5,7-8H2,1,3-4H3. The molecular weight excluding hydrogens is 268 g/mol. The SMILES string of the molecule is C=C(C)CN(C)S(=O)(=O)c1cc(CNCC)cs1. The minimum Gasteiger partial charge on any atom is -0.313 e. The normalized spacial score (nSPS) is 12.0. The maximum absolute atomic E-state index is 12.2. The van der Waals surface area contributed by atoms with E-state index in [0.29, 0.717) is 17.3 Å². The van der Waals surface area contributed by atoms with Gasteiger partial charge in [-0.25, -0.2) is 8.42 Å². The van der Waals surface area contributed by atoms with E-state index in [4.69, 9.17) is 0 Å². The fourth-order valence-corrected chi connectivity index (χ4v) is 4.12. The Hall–Kier alpha value is -0.690. The predicted molar refractivity (Wildman–Crippen MR) is 76.3 cm³/mol. The zero-order valence-corrected chi connectivity index (χ0v) is 12.7. The number of thiophene rings is 1. The Kier molecular flexibility index (Phi) is 5.52. The van der Waals surface area contributed by atoms with Gasteiger partial charge < -0.3 is 5.32 Å². The first kappa shape index (κ1) is 15.4. The summed E-state index contributed by atoms with van der Waals surface area (Å²) in [5, 5.41) is 5.05. The lowest BCUT2D eigenvalue weighted by atomic mass is 10.3. The highest BCUT2D eigenvalue weighted by Gasteiger charge is 2.22. The van der Waals surface area contributed by atoms with E-state index in [1.165, 1.54) is 15.6 Å². The molecule has 1 N–H and O–H groups in total. The Balaban J connectivity index is 2.85. The molecule has 0 spiro atoms. The van der Waals surface area contributed by atoms with Crippen molar-refractivity contribution in [1.82, 2.24) is 9.62 Å². The van der Waals surface area contributed by atoms with Crippen LogP contribution >= 0.6 is 11.3 Å². The first-order valence-corrected chi connectivity index (χ1v) is 8.08. The smallest absolute Gasteiger partial charge is 0.252 e. The number of nitrogens with zero attached hydrogens (tertiary/aromatic N) is 1. The molecule has 18 heavy (non-hydrogen) atoms. The third kappa shape index (κ3) is 3.91. The van der Waals surface area contributed by atoms with Gasteiger partial charge in [-0.3, -0.25) is 0 Å². The molecule has 0 saturated heterocycles. The zero-order valence-electron chi connectivity index (χ0n) is 11.1. The van der Waals surface area contributed by atoms with E-state index in [1.807, 2.05) is 19.2 Å². The third-order valence-corrected chi connectivity index (χ3v) is 5.63. The van der Waals surface area contributed by atoms with Crippen LogP contribution in [0.15, 0.2) is 27.8 Å². The predicted octanol–water partition coefficient (Wildman–Crippen LogP) is 2.05. The van der Waals surface area contributed by atoms with Crippen LogP contribution in [0.5, 0.6) is 0 Å². The summed E-state index contributed by atoms with van der Waals surface area (Å²) in [4.78, 5) is 0. The van der Waals surface area contributed by atoms with E-state index in [2.05, 4.69) is 11.9 Å². The molecule has 0 unspecified atom stereocenters. The van der Waals surface area contributed by atoms with Crippen LogP contribution in [0.1, 0.15) is 19.4 Å². The zero-order chi connectivity index (χ0) is 13.8. The number of rotatable bonds is 7. The Morgan fingerprint density at radius 2 is 2.22 bits per heavy atom. The highest BCUT2D eigenvalue weighted by molar-refractivity contribution is 7.91. The molecule has 0 aliphatic heterocycles. The molecule has 0 aliphatic carbocycles. The molecule has 0 amide bonds. The molecule has 0 atom stereocenters. The average Bonchev–Trinajstić information content (AvgIpc) is 2.74. The van der Waals surface area contributed by atoms with Crippen LogP contribution < -0.4 is 5.32 Å². The van der Waals surface area contributed by atoms with E-state index < -0.39 is 10.0 Å². The van der Waals surface area contributed by atoms with Crippen LogP contribution in [-0.2, 0) is 16.6 Å². The highest BCUT2D eigenvalue weighted by atomic mass is 32.2. The maximum Gasteiger partial charge on any atom is 0.252 e. The van der Waals surface area contributed by atoms with Gasteiger partial charge in [0, 0.05) is 20.1 Å². The van der Waals surface area contributed by atoms with Gasteiger partial charge in [-0.2, -0.15) is 4.31 Å². The highest BCUT2D eigenvalue weighted by Crippen LogP contribution is 2.23. The van der Waals surface area contributed by atoms with Gasteiger partial charge in [0.25, 0.3) is 10.0 Å². The van der Waals surface area contributed by atoms with Gasteiger partial charge >= 0.3 is 0 Å². The van der Waals surface area contributed by atoms with E-state index in [-0.39, 0.29) is 0 Å². The molecule has 0 aromatic carbocycles. The summed E-state index contributed by atoms with van der Waals surface area (Å²) in [7, 11) is -1.80. The monoisotopic (exact) mass is 288 g/mol. The summed E-state index contributed by atoms with van der Waals surface area (Å²) < 4.78 is 26.2. The summed E-state index contributed by atoms with van der Waals surface area (Å²) in [5.41, 5.74) is 1.83. The Morgan fingerprint density at radius 3 is 2.78 bits per heavy atom. The van der Waals surface area contributed by atoms with E-state index in [9.17, 15) is 8.42 Å². The van der Waals surface area contributed by atoms with E-state index in [1.54, 1.807) is 13.1 Å². The van der Waals surface area contributed by atoms with Gasteiger partial charge in [0.2, 0.25) is 0 Å². The molecule has 0 saturated carbocycles. The van der Waals surface area contributed by atoms with Crippen LogP contribution in [-0.4, -0.2) is 32.9 Å². The minimum absolute atomic E-state index is 0.350. The molecule has 1 aromatic heterocycles. The summed E-state index contributed by atoms with van der Waals surface area (Å²) in [6.45, 7) is 9.49. The molecule has 0 fully saturated rings. The number of hydrogen-bond donors (Lipinski definition) is 1. The molecule has 0 aliphatic rings. The lowest BCUT2D eigenvalue weighted by Gasteiger charge is -2.15. The van der Waals surface area contributed by atoms with Crippen molar-refractivity contribution in [1.29, 1.82) is 0 Å². The molecule has 6 heteroatoms. The van der Waals surface area contributed by atoms with E-state index >= 15 is 0 Å². The second-order valence-electron chi connectivity index (χ2n) is 4.27. The van der Waals surface area contributed by atoms with Crippen LogP contribution in [0.3, 0.4) is 0 Å². The van der Waals surface area contributed by atoms with Crippen molar-refractivity contribution in [2.75, 3.05) is 20.1 Å². The third-order valence-electron chi connectivity index (χ3n) is 2.37. The molecule has 0 radical (unpaired) electrons. The van der Waals surface area contributed by atoms with Gasteiger partial charge in [-0.05, 0) is 30.5 Å². The Bertz CT molecular complexity index is 506. The molecule has 4 nitrogen and oxygen atoms in total. The minimum atomic E-state index is -3.38. The lowest BCUT2D eigenvalue weighted by molar-refractivity contribution is 0.495. The van der Waals surface area contributed by atoms with Gasteiger partial charge in [0.15, 0.2) is 0 Å². The number of sulfonamides is 1. The summed E-state index contributed by atoms with van der Waals surface area (Å²) >= 11 is 1.26. The number of hydrogen-bond acceptors (Lipinski definition) is 4. The van der Waals surface area contributed by atoms with Gasteiger partial charge in [-0.15, -0.1) is 11.3 Å². The van der Waals surface area contributed by atoms with Crippen molar-refractivity contribution in [3.05, 3.63) is 29.2 Å². The molecular formula is C12H20N2O2S2. The van der Waals surface area contributed by atoms with Crippen molar-refractivity contribution < 1.29 is 8.42 Å². The lowest BCUT2D eigenvalue weighted by Crippen LogP contribution is -2.27. The van der Waals surface area contributed by atoms with Crippen LogP contribution in [0.2, 0.25) is 0 Å². The first-order valence-electron chi connectivity index (χ1n) is 5.76. The molecule has 1 heterocycles. The molecule has 0 bridgehead atoms. The summed E-state index contributed by atoms with van der Waals surface area (Å²) in [6.07, 6.45) is 0. The van der Waals surface area contributed by atoms with Crippen molar-refractivity contribution in [2.45, 2.75) is 24.6 Å². The number of likely N-dealkylation sites (N-methyl/N-ethyl adjacent to an activating group) is 1. The fraction of sp³-hybridized carbons (Fsp3) is 0.500. The van der Waals surface area contributed by atoms with Crippen molar-refractivity contribution in [3.8, 4) is 0 Å². The number of nitrogens with one attached hydrogen (secondary N) is 1. The Labute approximate surface area is 113 Å². The van der Waals surface area contributed by atoms with Crippen LogP contribution in [0.25, 0.3) is 0 Å². The molecule has 102 valence electrons. The largest absolute Gasteiger partial charge is 0.313 e. The summed E-state index contributed by atoms with van der Waals surface area (Å²) in [5.74, 6) is 0. The van der Waals surface area contributed by atoms with Gasteiger partial charge in [0.05, 0.1) is 0 Å². The second-order valence-corrected chi connectivity index (χ2v) is 7.46. The average molecular weight is 288 g/mol. The fourth-order valence-electron chi connectivity index (χ4n) is 1.47. The Morgan fingerprint density at radius 1 is 1.56 bits per heavy atom. The second kappa shape index (κ2) is 6.47. The van der Waals surface area contributed by atoms with Gasteiger partial charge in [0.1, 0.15) is 4.21 Å².